The van der Waals surface area contributed by atoms with Crippen LogP contribution < -0.4 is 5.32 Å². The van der Waals surface area contributed by atoms with Crippen molar-refractivity contribution in [3.63, 3.8) is 0 Å². The molecule has 0 aliphatic carbocycles. The monoisotopic (exact) mass is 902 g/mol. The van der Waals surface area contributed by atoms with Crippen LogP contribution in [0.5, 0.6) is 0 Å². The summed E-state index contributed by atoms with van der Waals surface area (Å²) in [5.74, 6) is -0.478. The fourth-order valence-corrected chi connectivity index (χ4v) is 8.89. The lowest BCUT2D eigenvalue weighted by molar-refractivity contribution is -0.151. The molecule has 0 radical (unpaired) electrons. The highest BCUT2D eigenvalue weighted by Crippen LogP contribution is 2.18. The zero-order valence-electron chi connectivity index (χ0n) is 43.2. The average molecular weight is 903 g/mol. The molecule has 6 heteroatoms. The number of unbranched alkanes of at least 4 members (excludes halogenated alkanes) is 36. The molecule has 0 aromatic rings. The molecule has 1 amide bonds. The van der Waals surface area contributed by atoms with E-state index in [1.807, 2.05) is 0 Å². The smallest absolute Gasteiger partial charge is 0.306 e. The Morgan fingerprint density at radius 3 is 1.14 bits per heavy atom. The summed E-state index contributed by atoms with van der Waals surface area (Å²) in [7, 11) is 0. The lowest BCUT2D eigenvalue weighted by atomic mass is 10.0. The molecule has 0 saturated carbocycles. The minimum atomic E-state index is -0.789. The van der Waals surface area contributed by atoms with Crippen molar-refractivity contribution in [2.45, 2.75) is 328 Å². The van der Waals surface area contributed by atoms with Gasteiger partial charge in [0.2, 0.25) is 5.91 Å². The number of carbonyl (C=O) groups is 2. The lowest BCUT2D eigenvalue weighted by Gasteiger charge is -2.24. The Bertz CT molecular complexity index is 1010. The van der Waals surface area contributed by atoms with E-state index in [4.69, 9.17) is 4.74 Å². The van der Waals surface area contributed by atoms with Crippen molar-refractivity contribution in [1.29, 1.82) is 0 Å². The van der Waals surface area contributed by atoms with Crippen LogP contribution in [0.15, 0.2) is 24.3 Å². The molecule has 0 aliphatic rings. The van der Waals surface area contributed by atoms with Crippen LogP contribution in [-0.4, -0.2) is 46.9 Å². The number of nitrogens with one attached hydrogen (secondary N) is 1. The zero-order valence-corrected chi connectivity index (χ0v) is 43.2. The summed E-state index contributed by atoms with van der Waals surface area (Å²) >= 11 is 0. The first kappa shape index (κ1) is 62.3. The van der Waals surface area contributed by atoms with E-state index < -0.39 is 18.2 Å². The summed E-state index contributed by atoms with van der Waals surface area (Å²) in [6.45, 7) is 6.50. The predicted octanol–water partition coefficient (Wildman–Crippen LogP) is 17.5. The Balaban J connectivity index is 4.53. The van der Waals surface area contributed by atoms with Crippen LogP contribution in [0.2, 0.25) is 0 Å². The molecule has 3 atom stereocenters. The van der Waals surface area contributed by atoms with E-state index in [0.717, 1.165) is 57.8 Å². The van der Waals surface area contributed by atoms with Gasteiger partial charge in [0, 0.05) is 6.42 Å². The minimum absolute atomic E-state index is 0.0698. The Hall–Kier alpha value is -1.66. The van der Waals surface area contributed by atoms with Crippen LogP contribution in [-0.2, 0) is 14.3 Å². The second kappa shape index (κ2) is 52.3. The number of rotatable bonds is 52. The second-order valence-corrected chi connectivity index (χ2v) is 19.7. The molecular formula is C58H111NO5. The Morgan fingerprint density at radius 2 is 0.750 bits per heavy atom. The van der Waals surface area contributed by atoms with Crippen LogP contribution in [0.25, 0.3) is 0 Å². The number of esters is 1. The summed E-state index contributed by atoms with van der Waals surface area (Å²) in [6.07, 6.45) is 61.0. The molecule has 0 bridgehead atoms. The minimum Gasteiger partial charge on any atom is -0.462 e. The molecule has 6 nitrogen and oxygen atoms in total. The van der Waals surface area contributed by atoms with E-state index in [-0.39, 0.29) is 24.9 Å². The number of hydrogen-bond acceptors (Lipinski definition) is 5. The van der Waals surface area contributed by atoms with Gasteiger partial charge in [-0.1, -0.05) is 244 Å². The van der Waals surface area contributed by atoms with E-state index in [2.05, 4.69) is 50.4 Å². The van der Waals surface area contributed by atoms with Crippen LogP contribution in [0.4, 0.5) is 0 Å². The van der Waals surface area contributed by atoms with Gasteiger partial charge in [-0.3, -0.25) is 9.59 Å². The Labute approximate surface area is 399 Å². The normalized spacial score (nSPS) is 13.3. The van der Waals surface area contributed by atoms with Gasteiger partial charge < -0.3 is 20.3 Å². The highest BCUT2D eigenvalue weighted by molar-refractivity contribution is 5.77. The van der Waals surface area contributed by atoms with E-state index >= 15 is 0 Å². The van der Waals surface area contributed by atoms with Gasteiger partial charge in [0.1, 0.15) is 6.10 Å². The first-order valence-electron chi connectivity index (χ1n) is 28.6. The maximum absolute atomic E-state index is 13.2. The Morgan fingerprint density at radius 1 is 0.438 bits per heavy atom. The van der Waals surface area contributed by atoms with E-state index in [9.17, 15) is 19.8 Å². The highest BCUT2D eigenvalue weighted by Gasteiger charge is 2.24. The number of amides is 1. The van der Waals surface area contributed by atoms with E-state index in [1.165, 1.54) is 205 Å². The molecule has 0 spiro atoms. The van der Waals surface area contributed by atoms with Crippen molar-refractivity contribution in [1.82, 2.24) is 5.32 Å². The molecule has 0 aliphatic heterocycles. The molecule has 64 heavy (non-hydrogen) atoms. The third kappa shape index (κ3) is 46.9. The third-order valence-electron chi connectivity index (χ3n) is 13.3. The summed E-state index contributed by atoms with van der Waals surface area (Å²) in [4.78, 5) is 26.2. The number of aliphatic hydroxyl groups excluding tert-OH is 2. The Kier molecular flexibility index (Phi) is 51.0. The van der Waals surface area contributed by atoms with Gasteiger partial charge in [-0.15, -0.1) is 0 Å². The highest BCUT2D eigenvalue weighted by atomic mass is 16.5. The molecule has 0 aromatic heterocycles. The van der Waals surface area contributed by atoms with Crippen molar-refractivity contribution < 1.29 is 24.5 Å². The van der Waals surface area contributed by atoms with Crippen molar-refractivity contribution in [3.05, 3.63) is 24.3 Å². The molecule has 378 valence electrons. The first-order valence-corrected chi connectivity index (χ1v) is 28.6. The number of allylic oxidation sites excluding steroid dienone is 4. The first-order chi connectivity index (χ1) is 31.5. The van der Waals surface area contributed by atoms with Crippen LogP contribution in [0.1, 0.15) is 310 Å². The topological polar surface area (TPSA) is 95.9 Å². The lowest BCUT2D eigenvalue weighted by Crippen LogP contribution is -2.46. The number of hydrogen-bond donors (Lipinski definition) is 3. The number of aliphatic hydroxyl groups is 2. The van der Waals surface area contributed by atoms with Gasteiger partial charge in [0.25, 0.3) is 0 Å². The second-order valence-electron chi connectivity index (χ2n) is 19.7. The molecule has 0 fully saturated rings. The van der Waals surface area contributed by atoms with Gasteiger partial charge in [-0.2, -0.15) is 0 Å². The fourth-order valence-electron chi connectivity index (χ4n) is 8.89. The summed E-state index contributed by atoms with van der Waals surface area (Å²) in [6, 6.07) is -0.704. The molecule has 0 aromatic carbocycles. The number of carbonyl (C=O) groups excluding carboxylic acids is 2. The largest absolute Gasteiger partial charge is 0.462 e. The zero-order chi connectivity index (χ0) is 46.7. The van der Waals surface area contributed by atoms with Gasteiger partial charge in [-0.05, 0) is 77.0 Å². The quantitative estimate of drug-likeness (QED) is 0.0321. The maximum atomic E-state index is 13.2. The van der Waals surface area contributed by atoms with Gasteiger partial charge in [-0.25, -0.2) is 0 Å². The molecule has 3 N–H and O–H groups in total. The van der Waals surface area contributed by atoms with Crippen molar-refractivity contribution in [3.8, 4) is 0 Å². The summed E-state index contributed by atoms with van der Waals surface area (Å²) in [5.41, 5.74) is 0. The van der Waals surface area contributed by atoms with Crippen molar-refractivity contribution in [2.24, 2.45) is 0 Å². The van der Waals surface area contributed by atoms with E-state index in [1.54, 1.807) is 0 Å². The van der Waals surface area contributed by atoms with Crippen LogP contribution in [0.3, 0.4) is 0 Å². The molecule has 3 unspecified atom stereocenters. The van der Waals surface area contributed by atoms with Gasteiger partial charge >= 0.3 is 5.97 Å². The van der Waals surface area contributed by atoms with Crippen LogP contribution in [0, 0.1) is 0 Å². The SMILES string of the molecule is CCCCCC/C=C\CCCCCCCCCC(=O)OC(CCCCC/C=C/CCCCCCCCC)CC(=O)NC(CO)C(O)CCCCCCCCCCCCCCCCCC. The van der Waals surface area contributed by atoms with E-state index in [0.29, 0.717) is 19.3 Å². The molecule has 0 saturated heterocycles. The van der Waals surface area contributed by atoms with Gasteiger partial charge in [0.15, 0.2) is 0 Å². The maximum Gasteiger partial charge on any atom is 0.306 e. The third-order valence-corrected chi connectivity index (χ3v) is 13.3. The summed E-state index contributed by atoms with van der Waals surface area (Å²) in [5, 5.41) is 23.9. The molecular weight excluding hydrogens is 791 g/mol. The van der Waals surface area contributed by atoms with Gasteiger partial charge in [0.05, 0.1) is 25.2 Å². The fraction of sp³-hybridized carbons (Fsp3) is 0.897. The van der Waals surface area contributed by atoms with Crippen molar-refractivity contribution >= 4 is 11.9 Å². The number of ether oxygens (including phenoxy) is 1. The van der Waals surface area contributed by atoms with Crippen LogP contribution >= 0.6 is 0 Å². The molecule has 0 rings (SSSR count). The summed E-state index contributed by atoms with van der Waals surface area (Å²) < 4.78 is 5.95. The predicted molar refractivity (Wildman–Crippen MR) is 278 cm³/mol. The van der Waals surface area contributed by atoms with Crippen molar-refractivity contribution in [2.75, 3.05) is 6.61 Å². The average Bonchev–Trinajstić information content (AvgIpc) is 3.29. The molecule has 0 heterocycles. The standard InChI is InChI=1S/C58H111NO5/c1-4-7-10-13-16-19-22-25-28-30-32-35-38-41-44-47-50-56(61)55(53-60)59-57(62)52-54(49-46-43-40-37-34-31-27-24-21-18-15-12-9-6-3)64-58(63)51-48-45-42-39-36-33-29-26-23-20-17-14-11-8-5-2/h20,23,31,34,54-56,60-61H,4-19,21-22,24-30,32-33,35-53H2,1-3H3,(H,59,62)/b23-20-,34-31+.